The second kappa shape index (κ2) is 4.70. The molecule has 2 nitrogen and oxygen atoms in total. The zero-order chi connectivity index (χ0) is 10.6. The smallest absolute Gasteiger partial charge is 0.0143 e. The van der Waals surface area contributed by atoms with Crippen LogP contribution in [0.25, 0.3) is 0 Å². The van der Waals surface area contributed by atoms with Gasteiger partial charge in [0.15, 0.2) is 0 Å². The molecule has 2 aromatic heterocycles. The Bertz CT molecular complexity index is 349. The molecule has 0 N–H and O–H groups in total. The molecule has 0 amide bonds. The van der Waals surface area contributed by atoms with Gasteiger partial charge in [-0.2, -0.15) is 0 Å². The highest BCUT2D eigenvalue weighted by atomic mass is 14.9. The van der Waals surface area contributed by atoms with Crippen LogP contribution < -0.4 is 0 Å². The van der Waals surface area contributed by atoms with Crippen LogP contribution in [0.5, 0.6) is 0 Å². The molecule has 2 aromatic rings. The van der Waals surface area contributed by atoms with Crippen molar-refractivity contribution in [3.8, 4) is 0 Å². The lowest BCUT2D eigenvalue weighted by molar-refractivity contribution is 0.844. The van der Waals surface area contributed by atoms with Crippen LogP contribution in [0.15, 0.2) is 36.7 Å². The van der Waals surface area contributed by atoms with Crippen LogP contribution in [0.1, 0.15) is 11.4 Å². The summed E-state index contributed by atoms with van der Waals surface area (Å²) < 4.78 is 4.17. The van der Waals surface area contributed by atoms with E-state index in [4.69, 9.17) is 0 Å². The number of hydrogen-bond acceptors (Lipinski definition) is 0. The van der Waals surface area contributed by atoms with Crippen molar-refractivity contribution in [3.05, 3.63) is 48.0 Å². The van der Waals surface area contributed by atoms with Gasteiger partial charge in [-0.15, -0.1) is 0 Å². The molecule has 0 aliphatic heterocycles. The van der Waals surface area contributed by atoms with Crippen molar-refractivity contribution in [2.24, 2.45) is 14.1 Å². The Balaban J connectivity index is 0.000000146. The first-order valence-electron chi connectivity index (χ1n) is 4.77. The lowest BCUT2D eigenvalue weighted by Gasteiger charge is -1.96. The van der Waals surface area contributed by atoms with Crippen LogP contribution in [0.2, 0.25) is 0 Å². The van der Waals surface area contributed by atoms with Crippen LogP contribution >= 0.6 is 0 Å². The molecule has 0 radical (unpaired) electrons. The van der Waals surface area contributed by atoms with Crippen molar-refractivity contribution in [2.75, 3.05) is 0 Å². The van der Waals surface area contributed by atoms with Gasteiger partial charge in [0.1, 0.15) is 0 Å². The molecule has 0 aliphatic rings. The average molecular weight is 190 g/mol. The monoisotopic (exact) mass is 190 g/mol. The minimum Gasteiger partial charge on any atom is -0.357 e. The van der Waals surface area contributed by atoms with Gasteiger partial charge in [0.05, 0.1) is 0 Å². The second-order valence-corrected chi connectivity index (χ2v) is 3.52. The summed E-state index contributed by atoms with van der Waals surface area (Å²) in [6, 6.07) is 8.24. The van der Waals surface area contributed by atoms with E-state index in [9.17, 15) is 0 Å². The maximum atomic E-state index is 2.17. The Hall–Kier alpha value is -1.44. The maximum Gasteiger partial charge on any atom is 0.0143 e. The number of aryl methyl sites for hydroxylation is 3. The molecule has 0 saturated heterocycles. The number of hydrogen-bond donors (Lipinski definition) is 0. The third-order valence-electron chi connectivity index (χ3n) is 2.38. The van der Waals surface area contributed by atoms with E-state index in [1.807, 2.05) is 36.1 Å². The predicted octanol–water partition coefficient (Wildman–Crippen LogP) is 2.67. The molecule has 0 saturated carbocycles. The van der Waals surface area contributed by atoms with Gasteiger partial charge in [0.25, 0.3) is 0 Å². The van der Waals surface area contributed by atoms with Gasteiger partial charge < -0.3 is 9.13 Å². The van der Waals surface area contributed by atoms with Crippen LogP contribution in [-0.2, 0) is 14.1 Å². The van der Waals surface area contributed by atoms with Crippen LogP contribution in [-0.4, -0.2) is 9.13 Å². The topological polar surface area (TPSA) is 9.86 Å². The maximum absolute atomic E-state index is 2.17. The average Bonchev–Trinajstić information content (AvgIpc) is 2.73. The first kappa shape index (κ1) is 10.6. The molecule has 0 spiro atoms. The molecule has 0 bridgehead atoms. The van der Waals surface area contributed by atoms with E-state index in [0.717, 1.165) is 0 Å². The molecule has 0 aromatic carbocycles. The third-order valence-corrected chi connectivity index (χ3v) is 2.38. The van der Waals surface area contributed by atoms with Gasteiger partial charge in [-0.1, -0.05) is 0 Å². The lowest BCUT2D eigenvalue weighted by atomic mass is 10.5. The second-order valence-electron chi connectivity index (χ2n) is 3.52. The first-order valence-corrected chi connectivity index (χ1v) is 4.77. The Morgan fingerprint density at radius 1 is 0.857 bits per heavy atom. The van der Waals surface area contributed by atoms with Crippen LogP contribution in [0.3, 0.4) is 0 Å². The van der Waals surface area contributed by atoms with Gasteiger partial charge in [-0.05, 0) is 38.1 Å². The molecule has 2 heterocycles. The van der Waals surface area contributed by atoms with Gasteiger partial charge in [0, 0.05) is 37.9 Å². The summed E-state index contributed by atoms with van der Waals surface area (Å²) in [7, 11) is 4.07. The summed E-state index contributed by atoms with van der Waals surface area (Å²) in [5, 5.41) is 0. The van der Waals surface area contributed by atoms with Crippen molar-refractivity contribution in [3.63, 3.8) is 0 Å². The number of aromatic nitrogens is 2. The molecular formula is C12H18N2. The quantitative estimate of drug-likeness (QED) is 0.604. The molecule has 0 unspecified atom stereocenters. The number of nitrogens with zero attached hydrogens (tertiary/aromatic N) is 2. The summed E-state index contributed by atoms with van der Waals surface area (Å²) in [6.45, 7) is 4.21. The molecule has 14 heavy (non-hydrogen) atoms. The Labute approximate surface area is 85.8 Å². The molecular weight excluding hydrogens is 172 g/mol. The van der Waals surface area contributed by atoms with E-state index in [1.165, 1.54) is 11.4 Å². The molecule has 0 fully saturated rings. The Morgan fingerprint density at radius 3 is 1.43 bits per heavy atom. The Morgan fingerprint density at radius 2 is 1.29 bits per heavy atom. The fourth-order valence-electron chi connectivity index (χ4n) is 1.16. The third kappa shape index (κ3) is 2.80. The van der Waals surface area contributed by atoms with Crippen molar-refractivity contribution >= 4 is 0 Å². The number of rotatable bonds is 0. The van der Waals surface area contributed by atoms with E-state index in [0.29, 0.717) is 0 Å². The van der Waals surface area contributed by atoms with E-state index < -0.39 is 0 Å². The summed E-state index contributed by atoms with van der Waals surface area (Å²) >= 11 is 0. The van der Waals surface area contributed by atoms with Gasteiger partial charge in [-0.3, -0.25) is 0 Å². The normalized spacial score (nSPS) is 9.43. The van der Waals surface area contributed by atoms with E-state index in [1.54, 1.807) is 0 Å². The van der Waals surface area contributed by atoms with E-state index >= 15 is 0 Å². The molecule has 76 valence electrons. The summed E-state index contributed by atoms with van der Waals surface area (Å²) in [4.78, 5) is 0. The lowest BCUT2D eigenvalue weighted by Crippen LogP contribution is -1.91. The van der Waals surface area contributed by atoms with Crippen molar-refractivity contribution < 1.29 is 0 Å². The minimum atomic E-state index is 1.32. The molecule has 2 heteroatoms. The molecule has 0 aliphatic carbocycles. The fourth-order valence-corrected chi connectivity index (χ4v) is 1.16. The van der Waals surface area contributed by atoms with Gasteiger partial charge in [-0.25, -0.2) is 0 Å². The summed E-state index contributed by atoms with van der Waals surface area (Å²) in [6.07, 6.45) is 4.00. The Kier molecular flexibility index (Phi) is 3.57. The van der Waals surface area contributed by atoms with Crippen molar-refractivity contribution in [1.82, 2.24) is 9.13 Å². The zero-order valence-corrected chi connectivity index (χ0v) is 9.36. The largest absolute Gasteiger partial charge is 0.357 e. The summed E-state index contributed by atoms with van der Waals surface area (Å²) in [5.74, 6) is 0. The molecule has 0 atom stereocenters. The van der Waals surface area contributed by atoms with Crippen LogP contribution in [0, 0.1) is 13.8 Å². The summed E-state index contributed by atoms with van der Waals surface area (Å²) in [5.41, 5.74) is 2.64. The van der Waals surface area contributed by atoms with Gasteiger partial charge in [0.2, 0.25) is 0 Å². The highest BCUT2D eigenvalue weighted by Crippen LogP contribution is 2.02. The van der Waals surface area contributed by atoms with E-state index in [-0.39, 0.29) is 0 Å². The van der Waals surface area contributed by atoms with Crippen LogP contribution in [0.4, 0.5) is 0 Å². The van der Waals surface area contributed by atoms with Crippen molar-refractivity contribution in [1.29, 1.82) is 0 Å². The predicted molar refractivity (Wildman–Crippen MR) is 60.3 cm³/mol. The SMILES string of the molecule is Cc1ccc(C)n1C.Cn1cccc1. The van der Waals surface area contributed by atoms with Gasteiger partial charge >= 0.3 is 0 Å². The standard InChI is InChI=1S/C7H11N.C5H7N/c1-6-4-5-7(2)8(6)3;1-6-4-2-3-5-6/h4-5H,1-3H3;2-5H,1H3. The first-order chi connectivity index (χ1) is 6.61. The highest BCUT2D eigenvalue weighted by molar-refractivity contribution is 5.12. The highest BCUT2D eigenvalue weighted by Gasteiger charge is 1.90. The minimum absolute atomic E-state index is 1.32. The van der Waals surface area contributed by atoms with E-state index in [2.05, 4.69) is 37.6 Å². The van der Waals surface area contributed by atoms with Crippen molar-refractivity contribution in [2.45, 2.75) is 13.8 Å². The zero-order valence-electron chi connectivity index (χ0n) is 9.36. The fraction of sp³-hybridized carbons (Fsp3) is 0.333. The molecule has 2 rings (SSSR count).